The van der Waals surface area contributed by atoms with Gasteiger partial charge in [0.2, 0.25) is 11.6 Å². The van der Waals surface area contributed by atoms with Crippen molar-refractivity contribution >= 4 is 17.4 Å². The minimum Gasteiger partial charge on any atom is -0.497 e. The third kappa shape index (κ3) is 4.01. The Labute approximate surface area is 202 Å². The highest BCUT2D eigenvalue weighted by atomic mass is 16.6. The van der Waals surface area contributed by atoms with Crippen molar-refractivity contribution in [2.75, 3.05) is 39.1 Å². The fourth-order valence-electron chi connectivity index (χ4n) is 4.72. The molecule has 1 aliphatic heterocycles. The van der Waals surface area contributed by atoms with Crippen LogP contribution in [-0.2, 0) is 4.79 Å². The molecule has 2 N–H and O–H groups in total. The minimum atomic E-state index is -0.579. The van der Waals surface area contributed by atoms with Crippen LogP contribution in [0.1, 0.15) is 35.9 Å². The van der Waals surface area contributed by atoms with E-state index in [4.69, 9.17) is 23.6 Å². The van der Waals surface area contributed by atoms with Crippen LogP contribution in [0.3, 0.4) is 0 Å². The number of nitrogens with one attached hydrogen (secondary N) is 2. The second kappa shape index (κ2) is 9.21. The number of benzene rings is 2. The Morgan fingerprint density at radius 2 is 1.54 bits per heavy atom. The van der Waals surface area contributed by atoms with Gasteiger partial charge in [0, 0.05) is 29.3 Å². The molecule has 5 rings (SSSR count). The number of carbonyl (C=O) groups excluding carboxylic acids is 1. The van der Waals surface area contributed by atoms with Crippen molar-refractivity contribution in [2.45, 2.75) is 24.8 Å². The molecule has 3 aromatic rings. The molecular weight excluding hydrogens is 452 g/mol. The van der Waals surface area contributed by atoms with Crippen molar-refractivity contribution < 1.29 is 28.4 Å². The van der Waals surface area contributed by atoms with Crippen molar-refractivity contribution in [2.24, 2.45) is 0 Å². The Hall–Kier alpha value is -4.21. The molecule has 182 valence electrons. The van der Waals surface area contributed by atoms with Gasteiger partial charge in [-0.05, 0) is 46.4 Å². The average Bonchev–Trinajstić information content (AvgIpc) is 3.26. The van der Waals surface area contributed by atoms with Gasteiger partial charge in [-0.1, -0.05) is 12.1 Å². The molecule has 0 amide bonds. The maximum atomic E-state index is 13.7. The van der Waals surface area contributed by atoms with E-state index >= 15 is 0 Å². The lowest BCUT2D eigenvalue weighted by atomic mass is 9.78. The van der Waals surface area contributed by atoms with Gasteiger partial charge in [-0.15, -0.1) is 0 Å². The lowest BCUT2D eigenvalue weighted by Gasteiger charge is -2.30. The Morgan fingerprint density at radius 3 is 2.23 bits per heavy atom. The van der Waals surface area contributed by atoms with Gasteiger partial charge in [-0.3, -0.25) is 4.79 Å². The zero-order valence-electron chi connectivity index (χ0n) is 19.9. The van der Waals surface area contributed by atoms with Crippen molar-refractivity contribution in [1.82, 2.24) is 10.3 Å². The van der Waals surface area contributed by atoms with Crippen LogP contribution in [-0.4, -0.2) is 44.5 Å². The first-order chi connectivity index (χ1) is 17.1. The van der Waals surface area contributed by atoms with Crippen LogP contribution in [0.15, 0.2) is 52.3 Å². The summed E-state index contributed by atoms with van der Waals surface area (Å²) in [5.74, 6) is 3.17. The molecule has 0 unspecified atom stereocenters. The summed E-state index contributed by atoms with van der Waals surface area (Å²) in [6.07, 6.45) is 0.962. The highest BCUT2D eigenvalue weighted by Gasteiger charge is 2.39. The predicted molar refractivity (Wildman–Crippen MR) is 127 cm³/mol. The summed E-state index contributed by atoms with van der Waals surface area (Å²) in [5.41, 5.74) is 3.11. The van der Waals surface area contributed by atoms with Crippen LogP contribution in [0.4, 0.5) is 11.6 Å². The van der Waals surface area contributed by atoms with E-state index in [2.05, 4.69) is 20.9 Å². The topological polar surface area (TPSA) is 117 Å². The third-order valence-corrected chi connectivity index (χ3v) is 6.47. The van der Waals surface area contributed by atoms with Crippen LogP contribution in [0.25, 0.3) is 0 Å². The van der Waals surface area contributed by atoms with Crippen LogP contribution >= 0.6 is 0 Å². The molecule has 0 spiro atoms. The Kier molecular flexibility index (Phi) is 5.94. The van der Waals surface area contributed by atoms with Gasteiger partial charge in [0.15, 0.2) is 17.3 Å². The minimum absolute atomic E-state index is 0.00554. The monoisotopic (exact) mass is 478 g/mol. The van der Waals surface area contributed by atoms with Gasteiger partial charge in [-0.2, -0.15) is 0 Å². The molecule has 2 heterocycles. The van der Waals surface area contributed by atoms with Crippen LogP contribution < -0.4 is 29.6 Å². The lowest BCUT2D eigenvalue weighted by Crippen LogP contribution is -2.27. The molecular formula is C25H26N4O6. The number of fused-ring (bicyclic) bond motifs is 1. The number of carbonyl (C=O) groups is 1. The van der Waals surface area contributed by atoms with E-state index in [9.17, 15) is 4.79 Å². The van der Waals surface area contributed by atoms with E-state index in [1.165, 1.54) is 0 Å². The first kappa shape index (κ1) is 22.6. The standard InChI is InChI=1S/C25H26N4O6/c1-31-15-7-5-13(6-8-15)14-9-17-22(18(30)10-14)23(27-25-24(26-17)28-35-29-25)16-11-20(33-3)21(34-4)12-19(16)32-2/h5-8,11-12,14,23H,9-10H2,1-4H3,(H,26,28)(H,27,29)/t14-,23+/m1/s1. The highest BCUT2D eigenvalue weighted by molar-refractivity contribution is 6.01. The van der Waals surface area contributed by atoms with Gasteiger partial charge in [0.1, 0.15) is 11.5 Å². The number of aromatic nitrogens is 2. The van der Waals surface area contributed by atoms with Gasteiger partial charge in [0.05, 0.1) is 34.5 Å². The van der Waals surface area contributed by atoms with Crippen molar-refractivity contribution in [3.63, 3.8) is 0 Å². The number of Topliss-reactive ketones (excluding diaryl/α,β-unsaturated/α-hetero) is 1. The average molecular weight is 479 g/mol. The van der Waals surface area contributed by atoms with Gasteiger partial charge in [-0.25, -0.2) is 4.63 Å². The summed E-state index contributed by atoms with van der Waals surface area (Å²) in [4.78, 5) is 13.7. The molecule has 0 saturated heterocycles. The summed E-state index contributed by atoms with van der Waals surface area (Å²) >= 11 is 0. The summed E-state index contributed by atoms with van der Waals surface area (Å²) in [6, 6.07) is 10.8. The van der Waals surface area contributed by atoms with Crippen molar-refractivity contribution in [3.8, 4) is 23.0 Å². The normalized spacial score (nSPS) is 19.0. The van der Waals surface area contributed by atoms with E-state index < -0.39 is 6.04 Å². The molecule has 35 heavy (non-hydrogen) atoms. The molecule has 10 nitrogen and oxygen atoms in total. The number of anilines is 2. The number of ketones is 1. The van der Waals surface area contributed by atoms with Gasteiger partial charge >= 0.3 is 0 Å². The largest absolute Gasteiger partial charge is 0.497 e. The molecule has 0 radical (unpaired) electrons. The molecule has 2 aliphatic rings. The number of ether oxygens (including phenoxy) is 4. The number of hydrogen-bond donors (Lipinski definition) is 2. The summed E-state index contributed by atoms with van der Waals surface area (Å²) in [7, 11) is 6.32. The maximum absolute atomic E-state index is 13.7. The van der Waals surface area contributed by atoms with E-state index in [-0.39, 0.29) is 11.7 Å². The summed E-state index contributed by atoms with van der Waals surface area (Å²) < 4.78 is 26.9. The van der Waals surface area contributed by atoms with Gasteiger partial charge in [0.25, 0.3) is 0 Å². The van der Waals surface area contributed by atoms with Crippen LogP contribution in [0.2, 0.25) is 0 Å². The first-order valence-electron chi connectivity index (χ1n) is 11.1. The number of allylic oxidation sites excluding steroid dienone is 1. The lowest BCUT2D eigenvalue weighted by molar-refractivity contribution is -0.116. The first-order valence-corrected chi connectivity index (χ1v) is 11.1. The van der Waals surface area contributed by atoms with Crippen LogP contribution in [0, 0.1) is 0 Å². The zero-order valence-corrected chi connectivity index (χ0v) is 19.9. The molecule has 0 saturated carbocycles. The number of nitrogens with zero attached hydrogens (tertiary/aromatic N) is 2. The maximum Gasteiger partial charge on any atom is 0.219 e. The second-order valence-corrected chi connectivity index (χ2v) is 8.31. The predicted octanol–water partition coefficient (Wildman–Crippen LogP) is 4.08. The SMILES string of the molecule is COc1ccc([C@H]2CC(=O)C3=C(C2)Nc2nonc2N[C@H]3c2cc(OC)c(OC)cc2OC)cc1. The Morgan fingerprint density at radius 1 is 0.857 bits per heavy atom. The van der Waals surface area contributed by atoms with Crippen molar-refractivity contribution in [3.05, 3.63) is 58.8 Å². The molecule has 0 fully saturated rings. The van der Waals surface area contributed by atoms with Crippen LogP contribution in [0.5, 0.6) is 23.0 Å². The number of hydrogen-bond acceptors (Lipinski definition) is 10. The van der Waals surface area contributed by atoms with E-state index in [0.717, 1.165) is 17.0 Å². The molecule has 2 atom stereocenters. The van der Waals surface area contributed by atoms with E-state index in [1.807, 2.05) is 24.3 Å². The van der Waals surface area contributed by atoms with Crippen molar-refractivity contribution in [1.29, 1.82) is 0 Å². The quantitative estimate of drug-likeness (QED) is 0.537. The fourth-order valence-corrected chi connectivity index (χ4v) is 4.72. The van der Waals surface area contributed by atoms with Gasteiger partial charge < -0.3 is 29.6 Å². The van der Waals surface area contributed by atoms with E-state index in [1.54, 1.807) is 40.6 Å². The molecule has 10 heteroatoms. The smallest absolute Gasteiger partial charge is 0.219 e. The van der Waals surface area contributed by atoms with E-state index in [0.29, 0.717) is 52.9 Å². The zero-order chi connectivity index (χ0) is 24.5. The Bertz CT molecular complexity index is 1280. The molecule has 2 aromatic carbocycles. The fraction of sp³-hybridized carbons (Fsp3) is 0.320. The summed E-state index contributed by atoms with van der Waals surface area (Å²) in [6.45, 7) is 0. The highest BCUT2D eigenvalue weighted by Crippen LogP contribution is 2.47. The number of rotatable bonds is 6. The third-order valence-electron chi connectivity index (χ3n) is 6.47. The molecule has 1 aliphatic carbocycles. The Balaban J connectivity index is 1.61. The summed E-state index contributed by atoms with van der Waals surface area (Å²) in [5, 5.41) is 14.6. The second-order valence-electron chi connectivity index (χ2n) is 8.31. The molecule has 1 aromatic heterocycles. The molecule has 0 bridgehead atoms. The number of methoxy groups -OCH3 is 4.